The molecule has 0 N–H and O–H groups in total. The van der Waals surface area contributed by atoms with Gasteiger partial charge in [-0.15, -0.1) is 0 Å². The molecule has 0 aliphatic carbocycles. The van der Waals surface area contributed by atoms with Gasteiger partial charge in [-0.2, -0.15) is 0 Å². The van der Waals surface area contributed by atoms with Crippen molar-refractivity contribution in [1.29, 1.82) is 0 Å². The first kappa shape index (κ1) is 9.97. The van der Waals surface area contributed by atoms with Gasteiger partial charge in [0.25, 0.3) is 0 Å². The van der Waals surface area contributed by atoms with Gasteiger partial charge in [0.1, 0.15) is 0 Å². The average Bonchev–Trinajstić information content (AvgIpc) is 2.29. The van der Waals surface area contributed by atoms with Crippen molar-refractivity contribution >= 4 is 8.80 Å². The van der Waals surface area contributed by atoms with Crippen LogP contribution in [0.4, 0.5) is 0 Å². The van der Waals surface area contributed by atoms with Crippen molar-refractivity contribution in [2.24, 2.45) is 0 Å². The topological polar surface area (TPSA) is 0 Å². The van der Waals surface area contributed by atoms with Crippen molar-refractivity contribution < 1.29 is 0 Å². The lowest BCUT2D eigenvalue weighted by atomic mass is 10.2. The molecule has 0 unspecified atom stereocenters. The van der Waals surface area contributed by atoms with Gasteiger partial charge in [0.05, 0.1) is 0 Å². The SMILES string of the molecule is c1ccc(CC[SiH]2CCCCC2)cc1. The third-order valence-corrected chi connectivity index (χ3v) is 6.96. The molecule has 1 aliphatic heterocycles. The Morgan fingerprint density at radius 3 is 2.36 bits per heavy atom. The fourth-order valence-corrected chi connectivity index (χ4v) is 5.83. The van der Waals surface area contributed by atoms with Crippen LogP contribution in [0.2, 0.25) is 18.1 Å². The van der Waals surface area contributed by atoms with Gasteiger partial charge < -0.3 is 0 Å². The van der Waals surface area contributed by atoms with E-state index in [4.69, 9.17) is 0 Å². The summed E-state index contributed by atoms with van der Waals surface area (Å²) in [5.41, 5.74) is 1.55. The summed E-state index contributed by atoms with van der Waals surface area (Å²) >= 11 is 0. The fourth-order valence-electron chi connectivity index (χ4n) is 2.49. The summed E-state index contributed by atoms with van der Waals surface area (Å²) in [6.07, 6.45) is 5.92. The Morgan fingerprint density at radius 1 is 0.929 bits per heavy atom. The molecule has 14 heavy (non-hydrogen) atoms. The van der Waals surface area contributed by atoms with E-state index in [0.717, 1.165) is 0 Å². The monoisotopic (exact) mass is 204 g/mol. The lowest BCUT2D eigenvalue weighted by Crippen LogP contribution is -2.16. The second-order valence-corrected chi connectivity index (χ2v) is 7.99. The predicted octanol–water partition coefficient (Wildman–Crippen LogP) is 3.64. The van der Waals surface area contributed by atoms with Crippen LogP contribution < -0.4 is 0 Å². The van der Waals surface area contributed by atoms with Crippen molar-refractivity contribution in [3.05, 3.63) is 35.9 Å². The first-order chi connectivity index (χ1) is 6.95. The van der Waals surface area contributed by atoms with Crippen molar-refractivity contribution in [2.75, 3.05) is 0 Å². The zero-order valence-corrected chi connectivity index (χ0v) is 10.1. The second-order valence-electron chi connectivity index (χ2n) is 4.53. The zero-order valence-electron chi connectivity index (χ0n) is 8.91. The van der Waals surface area contributed by atoms with Crippen LogP contribution in [0.5, 0.6) is 0 Å². The zero-order chi connectivity index (χ0) is 9.64. The third-order valence-electron chi connectivity index (χ3n) is 3.41. The summed E-state index contributed by atoms with van der Waals surface area (Å²) in [4.78, 5) is 0. The van der Waals surface area contributed by atoms with E-state index in [0.29, 0.717) is 0 Å². The molecule has 1 heterocycles. The molecular weight excluding hydrogens is 184 g/mol. The molecule has 0 spiro atoms. The normalized spacial score (nSPS) is 18.3. The Morgan fingerprint density at radius 2 is 1.64 bits per heavy atom. The van der Waals surface area contributed by atoms with E-state index < -0.39 is 0 Å². The number of hydrogen-bond donors (Lipinski definition) is 0. The van der Waals surface area contributed by atoms with Crippen LogP contribution in [0.25, 0.3) is 0 Å². The van der Waals surface area contributed by atoms with Crippen molar-refractivity contribution in [3.8, 4) is 0 Å². The maximum Gasteiger partial charge on any atom is 0.0371 e. The van der Waals surface area contributed by atoms with Crippen LogP contribution >= 0.6 is 0 Å². The van der Waals surface area contributed by atoms with Gasteiger partial charge in [-0.3, -0.25) is 0 Å². The van der Waals surface area contributed by atoms with E-state index in [9.17, 15) is 0 Å². The largest absolute Gasteiger partial charge is 0.0622 e. The highest BCUT2D eigenvalue weighted by atomic mass is 28.3. The van der Waals surface area contributed by atoms with Gasteiger partial charge in [-0.25, -0.2) is 0 Å². The van der Waals surface area contributed by atoms with Gasteiger partial charge in [-0.05, 0) is 12.0 Å². The quantitative estimate of drug-likeness (QED) is 0.659. The maximum atomic E-state index is 2.28. The summed E-state index contributed by atoms with van der Waals surface area (Å²) in [6, 6.07) is 15.8. The van der Waals surface area contributed by atoms with E-state index in [1.165, 1.54) is 25.7 Å². The molecule has 0 saturated carbocycles. The maximum absolute atomic E-state index is 2.28. The van der Waals surface area contributed by atoms with Gasteiger partial charge in [0.2, 0.25) is 0 Å². The van der Waals surface area contributed by atoms with E-state index in [1.54, 1.807) is 23.7 Å². The number of hydrogen-bond acceptors (Lipinski definition) is 0. The number of rotatable bonds is 3. The Hall–Kier alpha value is -0.563. The highest BCUT2D eigenvalue weighted by Gasteiger charge is 2.14. The highest BCUT2D eigenvalue weighted by Crippen LogP contribution is 2.22. The molecule has 1 heteroatoms. The average molecular weight is 204 g/mol. The van der Waals surface area contributed by atoms with Crippen LogP contribution in [-0.2, 0) is 6.42 Å². The molecule has 0 radical (unpaired) electrons. The molecule has 2 rings (SSSR count). The minimum Gasteiger partial charge on any atom is -0.0622 e. The van der Waals surface area contributed by atoms with Gasteiger partial charge >= 0.3 is 0 Å². The first-order valence-electron chi connectivity index (χ1n) is 5.99. The minimum absolute atomic E-state index is 0.296. The van der Waals surface area contributed by atoms with E-state index in [-0.39, 0.29) is 8.80 Å². The minimum atomic E-state index is -0.296. The molecule has 1 saturated heterocycles. The Balaban J connectivity index is 1.76. The molecule has 1 fully saturated rings. The Labute approximate surface area is 89.0 Å². The highest BCUT2D eigenvalue weighted by molar-refractivity contribution is 6.59. The van der Waals surface area contributed by atoms with E-state index >= 15 is 0 Å². The van der Waals surface area contributed by atoms with E-state index in [1.807, 2.05) is 0 Å². The van der Waals surface area contributed by atoms with Crippen LogP contribution in [0.3, 0.4) is 0 Å². The molecule has 1 aromatic rings. The molecule has 0 atom stereocenters. The first-order valence-corrected chi connectivity index (χ1v) is 8.44. The lowest BCUT2D eigenvalue weighted by Gasteiger charge is -2.19. The Bertz CT molecular complexity index is 249. The molecular formula is C13H20Si. The van der Waals surface area contributed by atoms with Crippen LogP contribution in [0.1, 0.15) is 24.8 Å². The summed E-state index contributed by atoms with van der Waals surface area (Å²) in [7, 11) is -0.296. The number of benzene rings is 1. The second kappa shape index (κ2) is 5.35. The van der Waals surface area contributed by atoms with Crippen LogP contribution in [0, 0.1) is 0 Å². The molecule has 0 amide bonds. The van der Waals surface area contributed by atoms with E-state index in [2.05, 4.69) is 30.3 Å². The Kier molecular flexibility index (Phi) is 3.81. The van der Waals surface area contributed by atoms with Crippen molar-refractivity contribution in [3.63, 3.8) is 0 Å². The molecule has 0 nitrogen and oxygen atoms in total. The molecule has 1 aromatic carbocycles. The molecule has 0 bridgehead atoms. The van der Waals surface area contributed by atoms with Gasteiger partial charge in [0.15, 0.2) is 0 Å². The van der Waals surface area contributed by atoms with Crippen molar-refractivity contribution in [1.82, 2.24) is 0 Å². The standard InChI is InChI=1S/C13H20Si/c1-3-7-13(8-4-1)9-12-14-10-5-2-6-11-14/h1,3-4,7-8,14H,2,5-6,9-12H2. The molecule has 1 aliphatic rings. The fraction of sp³-hybridized carbons (Fsp3) is 0.538. The smallest absolute Gasteiger partial charge is 0.0371 e. The van der Waals surface area contributed by atoms with Gasteiger partial charge in [-0.1, -0.05) is 67.7 Å². The summed E-state index contributed by atoms with van der Waals surface area (Å²) < 4.78 is 0. The molecule has 0 aromatic heterocycles. The summed E-state index contributed by atoms with van der Waals surface area (Å²) in [5, 5.41) is 0. The van der Waals surface area contributed by atoms with Gasteiger partial charge in [0, 0.05) is 8.80 Å². The summed E-state index contributed by atoms with van der Waals surface area (Å²) in [5.74, 6) is 0. The van der Waals surface area contributed by atoms with Crippen molar-refractivity contribution in [2.45, 2.75) is 43.8 Å². The molecule has 76 valence electrons. The van der Waals surface area contributed by atoms with Crippen LogP contribution in [-0.4, -0.2) is 8.80 Å². The predicted molar refractivity (Wildman–Crippen MR) is 65.6 cm³/mol. The third kappa shape index (κ3) is 2.98. The van der Waals surface area contributed by atoms with Crippen LogP contribution in [0.15, 0.2) is 30.3 Å². The lowest BCUT2D eigenvalue weighted by molar-refractivity contribution is 0.718. The number of aryl methyl sites for hydroxylation is 1. The summed E-state index contributed by atoms with van der Waals surface area (Å²) in [6.45, 7) is 0.